The van der Waals surface area contributed by atoms with Gasteiger partial charge in [0.05, 0.1) is 0 Å². The second-order valence-corrected chi connectivity index (χ2v) is 19.4. The van der Waals surface area contributed by atoms with Crippen molar-refractivity contribution in [1.82, 2.24) is 0 Å². The molecule has 118 valence electrons. The standard InChI is InChI=1S/C6H9O.3C4H9.Sn/c1-3-4-5-6(2)7;3*1-3-4-2;/h3,5-7H,1H2,2H3;3*1,3-4H2,2H3;. The predicted molar refractivity (Wildman–Crippen MR) is 94.9 cm³/mol. The van der Waals surface area contributed by atoms with Gasteiger partial charge in [0.1, 0.15) is 0 Å². The summed E-state index contributed by atoms with van der Waals surface area (Å²) in [7, 11) is 0. The summed E-state index contributed by atoms with van der Waals surface area (Å²) in [6.07, 6.45) is 11.8. The summed E-state index contributed by atoms with van der Waals surface area (Å²) < 4.78 is 5.81. The Hall–Kier alpha value is 0.239. The number of allylic oxidation sites excluding steroid dienone is 2. The van der Waals surface area contributed by atoms with Gasteiger partial charge in [-0.05, 0) is 0 Å². The average Bonchev–Trinajstić information content (AvgIpc) is 2.44. The molecule has 1 N–H and O–H groups in total. The molecule has 20 heavy (non-hydrogen) atoms. The fourth-order valence-corrected chi connectivity index (χ4v) is 19.4. The Morgan fingerprint density at radius 2 is 1.40 bits per heavy atom. The van der Waals surface area contributed by atoms with E-state index in [1.807, 2.05) is 6.92 Å². The molecule has 0 aromatic heterocycles. The minimum atomic E-state index is -2.34. The molecule has 1 unspecified atom stereocenters. The number of unbranched alkanes of at least 4 members (excludes halogenated alkanes) is 3. The van der Waals surface area contributed by atoms with E-state index in [-0.39, 0.29) is 6.10 Å². The summed E-state index contributed by atoms with van der Waals surface area (Å²) in [5.74, 6) is 0. The van der Waals surface area contributed by atoms with Crippen LogP contribution in [0.2, 0.25) is 13.3 Å². The third-order valence-electron chi connectivity index (χ3n) is 4.28. The van der Waals surface area contributed by atoms with Crippen LogP contribution in [0.15, 0.2) is 22.3 Å². The van der Waals surface area contributed by atoms with Crippen molar-refractivity contribution in [3.05, 3.63) is 22.3 Å². The van der Waals surface area contributed by atoms with Gasteiger partial charge in [-0.2, -0.15) is 0 Å². The molecular formula is C18H36OSn. The SMILES string of the molecule is C=C/[C](=C\C(C)O)[Sn]([CH2]CCC)([CH2]CCC)[CH2]CCC. The van der Waals surface area contributed by atoms with Crippen LogP contribution in [0.5, 0.6) is 0 Å². The van der Waals surface area contributed by atoms with Crippen LogP contribution < -0.4 is 0 Å². The van der Waals surface area contributed by atoms with E-state index in [2.05, 4.69) is 39.5 Å². The van der Waals surface area contributed by atoms with Crippen LogP contribution >= 0.6 is 0 Å². The average molecular weight is 387 g/mol. The molecule has 0 heterocycles. The monoisotopic (exact) mass is 388 g/mol. The molecule has 0 aromatic rings. The Bertz CT molecular complexity index is 259. The van der Waals surface area contributed by atoms with Crippen molar-refractivity contribution >= 4 is 18.4 Å². The topological polar surface area (TPSA) is 20.2 Å². The molecule has 0 saturated heterocycles. The normalized spacial score (nSPS) is 14.3. The van der Waals surface area contributed by atoms with Crippen molar-refractivity contribution < 1.29 is 5.11 Å². The Kier molecular flexibility index (Phi) is 12.0. The Labute approximate surface area is 131 Å². The van der Waals surface area contributed by atoms with E-state index in [9.17, 15) is 5.11 Å². The van der Waals surface area contributed by atoms with Gasteiger partial charge in [0.25, 0.3) is 0 Å². The first-order valence-corrected chi connectivity index (χ1v) is 16.1. The first-order chi connectivity index (χ1) is 9.56. The van der Waals surface area contributed by atoms with Gasteiger partial charge in [0.15, 0.2) is 0 Å². The van der Waals surface area contributed by atoms with Gasteiger partial charge < -0.3 is 0 Å². The second-order valence-electron chi connectivity index (χ2n) is 6.16. The van der Waals surface area contributed by atoms with E-state index >= 15 is 0 Å². The molecule has 0 fully saturated rings. The Morgan fingerprint density at radius 1 is 1.00 bits per heavy atom. The number of rotatable bonds is 12. The van der Waals surface area contributed by atoms with Gasteiger partial charge in [-0.15, -0.1) is 0 Å². The molecule has 0 amide bonds. The van der Waals surface area contributed by atoms with E-state index in [0.717, 1.165) is 0 Å². The van der Waals surface area contributed by atoms with Crippen LogP contribution in [0.25, 0.3) is 0 Å². The molecule has 0 radical (unpaired) electrons. The van der Waals surface area contributed by atoms with Gasteiger partial charge in [-0.3, -0.25) is 0 Å². The zero-order valence-corrected chi connectivity index (χ0v) is 17.1. The molecule has 0 aromatic carbocycles. The van der Waals surface area contributed by atoms with Crippen LogP contribution in [0.1, 0.15) is 66.2 Å². The molecule has 0 aliphatic carbocycles. The number of hydrogen-bond donors (Lipinski definition) is 1. The summed E-state index contributed by atoms with van der Waals surface area (Å²) in [6.45, 7) is 12.8. The van der Waals surface area contributed by atoms with Crippen molar-refractivity contribution in [1.29, 1.82) is 0 Å². The quantitative estimate of drug-likeness (QED) is 0.328. The summed E-state index contributed by atoms with van der Waals surface area (Å²) in [6, 6.07) is 0. The fourth-order valence-electron chi connectivity index (χ4n) is 3.07. The van der Waals surface area contributed by atoms with Gasteiger partial charge >= 0.3 is 131 Å². The second kappa shape index (κ2) is 11.9. The molecule has 1 nitrogen and oxygen atoms in total. The van der Waals surface area contributed by atoms with Crippen molar-refractivity contribution in [2.24, 2.45) is 0 Å². The molecule has 0 rings (SSSR count). The summed E-state index contributed by atoms with van der Waals surface area (Å²) >= 11 is -2.34. The number of aliphatic hydroxyl groups excluding tert-OH is 1. The molecule has 2 heteroatoms. The summed E-state index contributed by atoms with van der Waals surface area (Å²) in [5.41, 5.74) is 0. The van der Waals surface area contributed by atoms with E-state index in [0.29, 0.717) is 0 Å². The molecule has 1 atom stereocenters. The van der Waals surface area contributed by atoms with Crippen LogP contribution in [-0.4, -0.2) is 29.6 Å². The van der Waals surface area contributed by atoms with Gasteiger partial charge in [0.2, 0.25) is 0 Å². The third-order valence-corrected chi connectivity index (χ3v) is 20.1. The number of hydrogen-bond acceptors (Lipinski definition) is 1. The summed E-state index contributed by atoms with van der Waals surface area (Å²) in [4.78, 5) is 0. The van der Waals surface area contributed by atoms with Gasteiger partial charge in [-0.1, -0.05) is 0 Å². The Morgan fingerprint density at radius 3 is 1.65 bits per heavy atom. The van der Waals surface area contributed by atoms with E-state index in [1.165, 1.54) is 55.4 Å². The van der Waals surface area contributed by atoms with Crippen molar-refractivity contribution in [3.63, 3.8) is 0 Å². The molecule has 0 spiro atoms. The van der Waals surface area contributed by atoms with Gasteiger partial charge in [-0.25, -0.2) is 0 Å². The molecule has 0 saturated carbocycles. The molecule has 0 aliphatic rings. The first-order valence-electron chi connectivity index (χ1n) is 8.59. The van der Waals surface area contributed by atoms with Crippen molar-refractivity contribution in [2.45, 2.75) is 85.6 Å². The van der Waals surface area contributed by atoms with Crippen LogP contribution in [0.3, 0.4) is 0 Å². The van der Waals surface area contributed by atoms with E-state index in [1.54, 1.807) is 0 Å². The van der Waals surface area contributed by atoms with Crippen LogP contribution in [0, 0.1) is 0 Å². The summed E-state index contributed by atoms with van der Waals surface area (Å²) in [5, 5.41) is 9.80. The van der Waals surface area contributed by atoms with Gasteiger partial charge in [0, 0.05) is 0 Å². The number of aliphatic hydroxyl groups is 1. The van der Waals surface area contributed by atoms with Crippen molar-refractivity contribution in [2.75, 3.05) is 0 Å². The van der Waals surface area contributed by atoms with Crippen LogP contribution in [0.4, 0.5) is 0 Å². The fraction of sp³-hybridized carbons (Fsp3) is 0.778. The first kappa shape index (κ1) is 20.2. The van der Waals surface area contributed by atoms with Crippen molar-refractivity contribution in [3.8, 4) is 0 Å². The molecule has 0 aliphatic heterocycles. The zero-order valence-electron chi connectivity index (χ0n) is 14.3. The minimum absolute atomic E-state index is 0.330. The predicted octanol–water partition coefficient (Wildman–Crippen LogP) is 5.87. The van der Waals surface area contributed by atoms with E-state index in [4.69, 9.17) is 0 Å². The molecular weight excluding hydrogens is 351 g/mol. The third kappa shape index (κ3) is 7.31. The van der Waals surface area contributed by atoms with Crippen LogP contribution in [-0.2, 0) is 0 Å². The maximum atomic E-state index is 9.80. The Balaban J connectivity index is 5.33. The molecule has 0 bridgehead atoms. The van der Waals surface area contributed by atoms with E-state index < -0.39 is 18.4 Å². The maximum absolute atomic E-state index is 9.80. The zero-order chi connectivity index (χ0) is 15.4.